The van der Waals surface area contributed by atoms with E-state index in [0.29, 0.717) is 28.7 Å². The maximum Gasteiger partial charge on any atom is 0.336 e. The van der Waals surface area contributed by atoms with Gasteiger partial charge in [0, 0.05) is 30.6 Å². The maximum absolute atomic E-state index is 12.7. The van der Waals surface area contributed by atoms with Gasteiger partial charge in [0.15, 0.2) is 0 Å². The highest BCUT2D eigenvalue weighted by molar-refractivity contribution is 5.87. The fraction of sp³-hybridized carbons (Fsp3) is 0.474. The van der Waals surface area contributed by atoms with Crippen LogP contribution in [0.1, 0.15) is 25.8 Å². The molecule has 0 radical (unpaired) electrons. The molecule has 1 aliphatic heterocycles. The highest BCUT2D eigenvalue weighted by Crippen LogP contribution is 2.25. The standard InChI is InChI=1S/C19H23NO4/c1-12-6-13(2)11-20(10-12)18(21)7-14-8-19(22)24-17-9-15(23-3)4-5-16(14)17/h4-5,8-9,12-13H,6-7,10-11H2,1-3H3/t12-,13-/m0/s1. The molecule has 0 saturated carbocycles. The van der Waals surface area contributed by atoms with Crippen molar-refractivity contribution in [3.63, 3.8) is 0 Å². The minimum absolute atomic E-state index is 0.0659. The number of ether oxygens (including phenoxy) is 1. The molecule has 1 amide bonds. The van der Waals surface area contributed by atoms with Crippen molar-refractivity contribution in [1.82, 2.24) is 4.90 Å². The van der Waals surface area contributed by atoms with E-state index in [1.54, 1.807) is 19.2 Å². The van der Waals surface area contributed by atoms with Gasteiger partial charge < -0.3 is 14.1 Å². The lowest BCUT2D eigenvalue weighted by atomic mass is 9.91. The maximum atomic E-state index is 12.7. The van der Waals surface area contributed by atoms with Gasteiger partial charge in [-0.3, -0.25) is 4.79 Å². The summed E-state index contributed by atoms with van der Waals surface area (Å²) in [6, 6.07) is 6.74. The van der Waals surface area contributed by atoms with Crippen LogP contribution >= 0.6 is 0 Å². The van der Waals surface area contributed by atoms with Gasteiger partial charge >= 0.3 is 5.63 Å². The number of fused-ring (bicyclic) bond motifs is 1. The first-order valence-corrected chi connectivity index (χ1v) is 8.35. The van der Waals surface area contributed by atoms with E-state index in [0.717, 1.165) is 24.9 Å². The molecule has 0 N–H and O–H groups in total. The third-order valence-corrected chi connectivity index (χ3v) is 4.60. The van der Waals surface area contributed by atoms with Gasteiger partial charge in [0.05, 0.1) is 13.5 Å². The summed E-state index contributed by atoms with van der Waals surface area (Å²) in [5.41, 5.74) is 0.712. The lowest BCUT2D eigenvalue weighted by molar-refractivity contribution is -0.133. The van der Waals surface area contributed by atoms with Crippen molar-refractivity contribution in [3.05, 3.63) is 40.2 Å². The number of likely N-dealkylation sites (tertiary alicyclic amines) is 1. The number of benzene rings is 1. The molecule has 128 valence electrons. The van der Waals surface area contributed by atoms with Gasteiger partial charge in [-0.2, -0.15) is 0 Å². The topological polar surface area (TPSA) is 59.8 Å². The van der Waals surface area contributed by atoms with E-state index in [-0.39, 0.29) is 12.3 Å². The van der Waals surface area contributed by atoms with E-state index in [1.165, 1.54) is 6.07 Å². The predicted octanol–water partition coefficient (Wildman–Crippen LogP) is 2.85. The zero-order valence-electron chi connectivity index (χ0n) is 14.4. The summed E-state index contributed by atoms with van der Waals surface area (Å²) >= 11 is 0. The van der Waals surface area contributed by atoms with Crippen LogP contribution in [-0.2, 0) is 11.2 Å². The molecule has 1 aromatic heterocycles. The largest absolute Gasteiger partial charge is 0.497 e. The Labute approximate surface area is 141 Å². The second kappa shape index (κ2) is 6.67. The smallest absolute Gasteiger partial charge is 0.336 e. The molecule has 2 aromatic rings. The third-order valence-electron chi connectivity index (χ3n) is 4.60. The molecule has 0 unspecified atom stereocenters. The molecule has 2 atom stereocenters. The first kappa shape index (κ1) is 16.6. The summed E-state index contributed by atoms with van der Waals surface area (Å²) in [7, 11) is 1.56. The average Bonchev–Trinajstić information content (AvgIpc) is 2.53. The molecule has 0 bridgehead atoms. The lowest BCUT2D eigenvalue weighted by Crippen LogP contribution is -2.43. The van der Waals surface area contributed by atoms with Gasteiger partial charge in [-0.05, 0) is 36.0 Å². The Morgan fingerprint density at radius 2 is 1.96 bits per heavy atom. The Balaban J connectivity index is 1.89. The number of piperidine rings is 1. The fourth-order valence-corrected chi connectivity index (χ4v) is 3.62. The van der Waals surface area contributed by atoms with Crippen LogP contribution in [-0.4, -0.2) is 31.0 Å². The van der Waals surface area contributed by atoms with Gasteiger partial charge in [0.25, 0.3) is 0 Å². The molecular formula is C19H23NO4. The van der Waals surface area contributed by atoms with Gasteiger partial charge in [-0.15, -0.1) is 0 Å². The molecular weight excluding hydrogens is 306 g/mol. The Morgan fingerprint density at radius 3 is 2.62 bits per heavy atom. The monoisotopic (exact) mass is 329 g/mol. The zero-order chi connectivity index (χ0) is 17.3. The number of nitrogens with zero attached hydrogens (tertiary/aromatic N) is 1. The van der Waals surface area contributed by atoms with Crippen molar-refractivity contribution < 1.29 is 13.9 Å². The minimum atomic E-state index is -0.445. The zero-order valence-corrected chi connectivity index (χ0v) is 14.4. The van der Waals surface area contributed by atoms with Crippen LogP contribution in [0.25, 0.3) is 11.0 Å². The Hall–Kier alpha value is -2.30. The molecule has 2 heterocycles. The average molecular weight is 329 g/mol. The van der Waals surface area contributed by atoms with Crippen molar-refractivity contribution in [2.75, 3.05) is 20.2 Å². The minimum Gasteiger partial charge on any atom is -0.497 e. The summed E-state index contributed by atoms with van der Waals surface area (Å²) in [6.07, 6.45) is 1.37. The van der Waals surface area contributed by atoms with E-state index in [1.807, 2.05) is 11.0 Å². The molecule has 1 aliphatic rings. The number of carbonyl (C=O) groups excluding carboxylic acids is 1. The van der Waals surface area contributed by atoms with Crippen molar-refractivity contribution in [2.24, 2.45) is 11.8 Å². The number of carbonyl (C=O) groups is 1. The predicted molar refractivity (Wildman–Crippen MR) is 92.3 cm³/mol. The van der Waals surface area contributed by atoms with E-state index in [2.05, 4.69) is 13.8 Å². The van der Waals surface area contributed by atoms with Crippen molar-refractivity contribution in [3.8, 4) is 5.75 Å². The summed E-state index contributed by atoms with van der Waals surface area (Å²) in [5, 5.41) is 0.779. The van der Waals surface area contributed by atoms with Crippen LogP contribution in [0.15, 0.2) is 33.5 Å². The van der Waals surface area contributed by atoms with E-state index < -0.39 is 5.63 Å². The molecule has 5 heteroatoms. The van der Waals surface area contributed by atoms with E-state index in [9.17, 15) is 9.59 Å². The first-order chi connectivity index (χ1) is 11.5. The molecule has 1 aromatic carbocycles. The quantitative estimate of drug-likeness (QED) is 0.813. The lowest BCUT2D eigenvalue weighted by Gasteiger charge is -2.35. The van der Waals surface area contributed by atoms with Crippen LogP contribution in [0.2, 0.25) is 0 Å². The number of hydrogen-bond donors (Lipinski definition) is 0. The van der Waals surface area contributed by atoms with Crippen molar-refractivity contribution in [2.45, 2.75) is 26.7 Å². The Kier molecular flexibility index (Phi) is 4.60. The number of amides is 1. The molecule has 3 rings (SSSR count). The summed E-state index contributed by atoms with van der Waals surface area (Å²) in [6.45, 7) is 5.93. The second-order valence-corrected chi connectivity index (χ2v) is 6.87. The molecule has 1 fully saturated rings. The highest BCUT2D eigenvalue weighted by Gasteiger charge is 2.25. The third kappa shape index (κ3) is 3.45. The van der Waals surface area contributed by atoms with Gasteiger partial charge in [-0.1, -0.05) is 13.8 Å². The fourth-order valence-electron chi connectivity index (χ4n) is 3.62. The van der Waals surface area contributed by atoms with Crippen LogP contribution in [0, 0.1) is 11.8 Å². The van der Waals surface area contributed by atoms with Crippen LogP contribution in [0.5, 0.6) is 5.75 Å². The number of rotatable bonds is 3. The summed E-state index contributed by atoms with van der Waals surface area (Å²) in [4.78, 5) is 26.5. The molecule has 0 spiro atoms. The first-order valence-electron chi connectivity index (χ1n) is 8.35. The second-order valence-electron chi connectivity index (χ2n) is 6.87. The molecule has 24 heavy (non-hydrogen) atoms. The van der Waals surface area contributed by atoms with Crippen molar-refractivity contribution >= 4 is 16.9 Å². The van der Waals surface area contributed by atoms with E-state index in [4.69, 9.17) is 9.15 Å². The van der Waals surface area contributed by atoms with E-state index >= 15 is 0 Å². The summed E-state index contributed by atoms with van der Waals surface area (Å²) < 4.78 is 10.4. The van der Waals surface area contributed by atoms with Gasteiger partial charge in [-0.25, -0.2) is 4.79 Å². The van der Waals surface area contributed by atoms with Crippen LogP contribution in [0.3, 0.4) is 0 Å². The SMILES string of the molecule is COc1ccc2c(CC(=O)N3C[C@@H](C)C[C@H](C)C3)cc(=O)oc2c1. The van der Waals surface area contributed by atoms with Crippen molar-refractivity contribution in [1.29, 1.82) is 0 Å². The molecule has 1 saturated heterocycles. The van der Waals surface area contributed by atoms with Gasteiger partial charge in [0.2, 0.25) is 5.91 Å². The van der Waals surface area contributed by atoms with Gasteiger partial charge in [0.1, 0.15) is 11.3 Å². The Morgan fingerprint density at radius 1 is 1.25 bits per heavy atom. The Bertz CT molecular complexity index is 801. The van der Waals surface area contributed by atoms with Crippen LogP contribution in [0.4, 0.5) is 0 Å². The molecule has 0 aliphatic carbocycles. The van der Waals surface area contributed by atoms with Crippen LogP contribution < -0.4 is 10.4 Å². The molecule has 5 nitrogen and oxygen atoms in total. The highest BCUT2D eigenvalue weighted by atomic mass is 16.5. The normalized spacial score (nSPS) is 21.0. The number of hydrogen-bond acceptors (Lipinski definition) is 4. The number of methoxy groups -OCH3 is 1. The summed E-state index contributed by atoms with van der Waals surface area (Å²) in [5.74, 6) is 1.71.